The standard InChI is InChI=1S/C12H19N3O/c1-9-11(8-15(2)14-9)7-13-12(16)10-5-3-4-6-10/h8,10H,3-7H2,1-2H3,(H,13,16). The number of hydrogen-bond acceptors (Lipinski definition) is 2. The Morgan fingerprint density at radius 2 is 2.25 bits per heavy atom. The van der Waals surface area contributed by atoms with Crippen LogP contribution in [0.25, 0.3) is 0 Å². The molecule has 4 nitrogen and oxygen atoms in total. The van der Waals surface area contributed by atoms with Gasteiger partial charge in [-0.2, -0.15) is 5.10 Å². The van der Waals surface area contributed by atoms with Gasteiger partial charge in [-0.1, -0.05) is 12.8 Å². The Labute approximate surface area is 96.0 Å². The average Bonchev–Trinajstić information content (AvgIpc) is 2.84. The number of aryl methyl sites for hydroxylation is 2. The second-order valence-corrected chi connectivity index (χ2v) is 4.61. The predicted octanol–water partition coefficient (Wildman–Crippen LogP) is 1.53. The van der Waals surface area contributed by atoms with Crippen LogP contribution in [0.1, 0.15) is 36.9 Å². The Bertz CT molecular complexity index is 378. The van der Waals surface area contributed by atoms with Crippen molar-refractivity contribution < 1.29 is 4.79 Å². The van der Waals surface area contributed by atoms with Crippen molar-refractivity contribution in [2.75, 3.05) is 0 Å². The van der Waals surface area contributed by atoms with E-state index >= 15 is 0 Å². The molecule has 1 heterocycles. The first kappa shape index (κ1) is 11.2. The van der Waals surface area contributed by atoms with E-state index in [-0.39, 0.29) is 11.8 Å². The molecule has 1 saturated carbocycles. The quantitative estimate of drug-likeness (QED) is 0.841. The van der Waals surface area contributed by atoms with Crippen LogP contribution >= 0.6 is 0 Å². The Morgan fingerprint density at radius 3 is 2.81 bits per heavy atom. The van der Waals surface area contributed by atoms with E-state index in [0.717, 1.165) is 24.1 Å². The Hall–Kier alpha value is -1.32. The van der Waals surface area contributed by atoms with Crippen LogP contribution in [0.2, 0.25) is 0 Å². The van der Waals surface area contributed by atoms with Gasteiger partial charge in [0.25, 0.3) is 0 Å². The lowest BCUT2D eigenvalue weighted by molar-refractivity contribution is -0.124. The Kier molecular flexibility index (Phi) is 3.27. The topological polar surface area (TPSA) is 46.9 Å². The molecule has 0 aromatic carbocycles. The van der Waals surface area contributed by atoms with Gasteiger partial charge in [0.15, 0.2) is 0 Å². The summed E-state index contributed by atoms with van der Waals surface area (Å²) in [5.41, 5.74) is 2.10. The molecule has 1 fully saturated rings. The first-order chi connectivity index (χ1) is 7.66. The summed E-state index contributed by atoms with van der Waals surface area (Å²) in [7, 11) is 1.90. The number of carbonyl (C=O) groups is 1. The summed E-state index contributed by atoms with van der Waals surface area (Å²) in [6.45, 7) is 2.58. The second-order valence-electron chi connectivity index (χ2n) is 4.61. The zero-order valence-electron chi connectivity index (χ0n) is 9.99. The molecule has 0 bridgehead atoms. The Morgan fingerprint density at radius 1 is 1.56 bits per heavy atom. The van der Waals surface area contributed by atoms with Gasteiger partial charge in [-0.05, 0) is 19.8 Å². The van der Waals surface area contributed by atoms with Crippen molar-refractivity contribution in [2.24, 2.45) is 13.0 Å². The minimum Gasteiger partial charge on any atom is -0.352 e. The highest BCUT2D eigenvalue weighted by Crippen LogP contribution is 2.24. The zero-order chi connectivity index (χ0) is 11.5. The number of nitrogens with zero attached hydrogens (tertiary/aromatic N) is 2. The van der Waals surface area contributed by atoms with Gasteiger partial charge >= 0.3 is 0 Å². The molecule has 1 aliphatic carbocycles. The largest absolute Gasteiger partial charge is 0.352 e. The molecule has 2 rings (SSSR count). The molecule has 0 aliphatic heterocycles. The van der Waals surface area contributed by atoms with Crippen molar-refractivity contribution in [1.82, 2.24) is 15.1 Å². The number of aromatic nitrogens is 2. The van der Waals surface area contributed by atoms with Crippen LogP contribution in [0, 0.1) is 12.8 Å². The maximum atomic E-state index is 11.8. The van der Waals surface area contributed by atoms with Gasteiger partial charge < -0.3 is 5.32 Å². The molecule has 0 radical (unpaired) electrons. The molecule has 0 saturated heterocycles. The summed E-state index contributed by atoms with van der Waals surface area (Å²) in [6, 6.07) is 0. The van der Waals surface area contributed by atoms with E-state index in [4.69, 9.17) is 0 Å². The van der Waals surface area contributed by atoms with Crippen molar-refractivity contribution in [3.05, 3.63) is 17.5 Å². The van der Waals surface area contributed by atoms with Crippen molar-refractivity contribution in [3.63, 3.8) is 0 Å². The monoisotopic (exact) mass is 221 g/mol. The van der Waals surface area contributed by atoms with E-state index < -0.39 is 0 Å². The zero-order valence-corrected chi connectivity index (χ0v) is 9.99. The smallest absolute Gasteiger partial charge is 0.223 e. The summed E-state index contributed by atoms with van der Waals surface area (Å²) < 4.78 is 1.78. The Balaban J connectivity index is 1.87. The number of rotatable bonds is 3. The van der Waals surface area contributed by atoms with Gasteiger partial charge in [0.05, 0.1) is 5.69 Å². The lowest BCUT2D eigenvalue weighted by Gasteiger charge is -2.09. The number of amides is 1. The summed E-state index contributed by atoms with van der Waals surface area (Å²) in [6.07, 6.45) is 6.47. The minimum absolute atomic E-state index is 0.209. The van der Waals surface area contributed by atoms with Crippen molar-refractivity contribution in [3.8, 4) is 0 Å². The van der Waals surface area contributed by atoms with Crippen LogP contribution in [0.15, 0.2) is 6.20 Å². The summed E-state index contributed by atoms with van der Waals surface area (Å²) in [4.78, 5) is 11.8. The third kappa shape index (κ3) is 2.43. The highest BCUT2D eigenvalue weighted by atomic mass is 16.1. The fraction of sp³-hybridized carbons (Fsp3) is 0.667. The molecule has 0 atom stereocenters. The van der Waals surface area contributed by atoms with Crippen LogP contribution < -0.4 is 5.32 Å². The molecule has 1 N–H and O–H groups in total. The summed E-state index contributed by atoms with van der Waals surface area (Å²) >= 11 is 0. The maximum absolute atomic E-state index is 11.8. The number of carbonyl (C=O) groups excluding carboxylic acids is 1. The molecular weight excluding hydrogens is 202 g/mol. The number of hydrogen-bond donors (Lipinski definition) is 1. The predicted molar refractivity (Wildman–Crippen MR) is 61.7 cm³/mol. The normalized spacial score (nSPS) is 16.6. The van der Waals surface area contributed by atoms with Crippen LogP contribution in [-0.2, 0) is 18.4 Å². The van der Waals surface area contributed by atoms with Gasteiger partial charge in [-0.15, -0.1) is 0 Å². The van der Waals surface area contributed by atoms with E-state index in [0.29, 0.717) is 6.54 Å². The van der Waals surface area contributed by atoms with Crippen molar-refractivity contribution in [1.29, 1.82) is 0 Å². The molecule has 1 aliphatic rings. The minimum atomic E-state index is 0.209. The highest BCUT2D eigenvalue weighted by molar-refractivity contribution is 5.78. The first-order valence-electron chi connectivity index (χ1n) is 5.93. The molecule has 1 aromatic rings. The summed E-state index contributed by atoms with van der Waals surface area (Å²) in [5, 5.41) is 7.25. The third-order valence-electron chi connectivity index (χ3n) is 3.29. The van der Waals surface area contributed by atoms with E-state index in [1.807, 2.05) is 20.2 Å². The number of nitrogens with one attached hydrogen (secondary N) is 1. The lowest BCUT2D eigenvalue weighted by Crippen LogP contribution is -2.28. The third-order valence-corrected chi connectivity index (χ3v) is 3.29. The van der Waals surface area contributed by atoms with Gasteiger partial charge in [0, 0.05) is 31.3 Å². The SMILES string of the molecule is Cc1nn(C)cc1CNC(=O)C1CCCC1. The molecule has 88 valence electrons. The fourth-order valence-electron chi connectivity index (χ4n) is 2.34. The second kappa shape index (κ2) is 4.68. The highest BCUT2D eigenvalue weighted by Gasteiger charge is 2.22. The van der Waals surface area contributed by atoms with Gasteiger partial charge in [-0.3, -0.25) is 9.48 Å². The first-order valence-corrected chi connectivity index (χ1v) is 5.93. The molecule has 4 heteroatoms. The van der Waals surface area contributed by atoms with E-state index in [9.17, 15) is 4.79 Å². The van der Waals surface area contributed by atoms with E-state index in [2.05, 4.69) is 10.4 Å². The van der Waals surface area contributed by atoms with E-state index in [1.54, 1.807) is 4.68 Å². The fourth-order valence-corrected chi connectivity index (χ4v) is 2.34. The van der Waals surface area contributed by atoms with E-state index in [1.165, 1.54) is 12.8 Å². The summed E-state index contributed by atoms with van der Waals surface area (Å²) in [5.74, 6) is 0.456. The van der Waals surface area contributed by atoms with Crippen LogP contribution in [0.5, 0.6) is 0 Å². The van der Waals surface area contributed by atoms with Gasteiger partial charge in [-0.25, -0.2) is 0 Å². The van der Waals surface area contributed by atoms with Crippen LogP contribution in [0.4, 0.5) is 0 Å². The van der Waals surface area contributed by atoms with Crippen molar-refractivity contribution in [2.45, 2.75) is 39.2 Å². The lowest BCUT2D eigenvalue weighted by atomic mass is 10.1. The maximum Gasteiger partial charge on any atom is 0.223 e. The molecule has 0 spiro atoms. The molecular formula is C12H19N3O. The van der Waals surface area contributed by atoms with Gasteiger partial charge in [0.2, 0.25) is 5.91 Å². The van der Waals surface area contributed by atoms with Crippen molar-refractivity contribution >= 4 is 5.91 Å². The van der Waals surface area contributed by atoms with Gasteiger partial charge in [0.1, 0.15) is 0 Å². The molecule has 1 amide bonds. The molecule has 16 heavy (non-hydrogen) atoms. The molecule has 1 aromatic heterocycles. The van der Waals surface area contributed by atoms with Crippen LogP contribution in [0.3, 0.4) is 0 Å². The average molecular weight is 221 g/mol. The van der Waals surface area contributed by atoms with Crippen LogP contribution in [-0.4, -0.2) is 15.7 Å². The molecule has 0 unspecified atom stereocenters.